The summed E-state index contributed by atoms with van der Waals surface area (Å²) in [6.07, 6.45) is 0.877. The van der Waals surface area contributed by atoms with Crippen molar-refractivity contribution in [1.82, 2.24) is 0 Å². The van der Waals surface area contributed by atoms with Gasteiger partial charge in [0.1, 0.15) is 5.54 Å². The van der Waals surface area contributed by atoms with Gasteiger partial charge in [-0.3, -0.25) is 4.79 Å². The van der Waals surface area contributed by atoms with E-state index in [0.29, 0.717) is 10.5 Å². The zero-order valence-electron chi connectivity index (χ0n) is 7.76. The summed E-state index contributed by atoms with van der Waals surface area (Å²) < 4.78 is 5.47. The number of nitrogens with two attached hydrogens (primary N) is 1. The second-order valence-corrected chi connectivity index (χ2v) is 5.55. The van der Waals surface area contributed by atoms with Gasteiger partial charge in [-0.15, -0.1) is 0 Å². The lowest BCUT2D eigenvalue weighted by molar-refractivity contribution is -0.148. The highest BCUT2D eigenvalue weighted by Crippen LogP contribution is 2.06. The monoisotopic (exact) mass is 285 g/mol. The van der Waals surface area contributed by atoms with Crippen molar-refractivity contribution in [3.05, 3.63) is 0 Å². The Morgan fingerprint density at radius 2 is 2.17 bits per heavy atom. The first-order valence-electron chi connectivity index (χ1n) is 3.94. The van der Waals surface area contributed by atoms with Crippen molar-refractivity contribution < 1.29 is 9.53 Å². The van der Waals surface area contributed by atoms with E-state index in [-0.39, 0.29) is 5.97 Å². The lowest BCUT2D eigenvalue weighted by Crippen LogP contribution is -2.43. The molecule has 1 atom stereocenters. The van der Waals surface area contributed by atoms with Gasteiger partial charge in [0.25, 0.3) is 0 Å². The minimum absolute atomic E-state index is 0.334. The van der Waals surface area contributed by atoms with Crippen molar-refractivity contribution in [3.8, 4) is 0 Å². The van der Waals surface area contributed by atoms with Crippen LogP contribution in [0.2, 0.25) is 0 Å². The Kier molecular flexibility index (Phi) is 5.08. The maximum Gasteiger partial charge on any atom is 0.325 e. The first-order chi connectivity index (χ1) is 5.34. The first kappa shape index (κ1) is 12.2. The molecule has 1 unspecified atom stereocenters. The normalized spacial score (nSPS) is 14.1. The number of hydrogen-bond donors (Lipinski definition) is 1. The molecule has 12 heavy (non-hydrogen) atoms. The zero-order valence-corrected chi connectivity index (χ0v) is 9.92. The summed E-state index contributed by atoms with van der Waals surface area (Å²) >= 11 is 2.29. The van der Waals surface area contributed by atoms with Gasteiger partial charge in [-0.25, -0.2) is 0 Å². The summed E-state index contributed by atoms with van der Waals surface area (Å²) in [4.78, 5) is 11.1. The highest BCUT2D eigenvalue weighted by Gasteiger charge is 2.23. The van der Waals surface area contributed by atoms with Crippen LogP contribution in [0.3, 0.4) is 0 Å². The van der Waals surface area contributed by atoms with Crippen LogP contribution in [0, 0.1) is 0 Å². The molecule has 0 aliphatic rings. The van der Waals surface area contributed by atoms with Crippen LogP contribution in [0.4, 0.5) is 0 Å². The molecule has 0 aromatic heterocycles. The van der Waals surface area contributed by atoms with Crippen LogP contribution in [0.25, 0.3) is 0 Å². The molecular formula is C8H16INO2. The zero-order chi connectivity index (χ0) is 9.78. The molecule has 0 aliphatic heterocycles. The molecule has 0 spiro atoms. The minimum Gasteiger partial charge on any atom is -0.464 e. The Morgan fingerprint density at radius 3 is 2.50 bits per heavy atom. The summed E-state index contributed by atoms with van der Waals surface area (Å²) in [6, 6.07) is 0. The molecule has 0 aromatic rings. The molecule has 0 saturated carbocycles. The molecule has 0 aromatic carbocycles. The minimum atomic E-state index is -0.867. The van der Waals surface area contributed by atoms with E-state index >= 15 is 0 Å². The third-order valence-electron chi connectivity index (χ3n) is 1.27. The second-order valence-electron chi connectivity index (χ2n) is 3.43. The summed E-state index contributed by atoms with van der Waals surface area (Å²) in [5.74, 6) is -0.334. The highest BCUT2D eigenvalue weighted by molar-refractivity contribution is 14.1. The predicted octanol–water partition coefficient (Wildman–Crippen LogP) is 1.48. The van der Waals surface area contributed by atoms with E-state index in [1.807, 2.05) is 0 Å². The van der Waals surface area contributed by atoms with Gasteiger partial charge in [-0.05, 0) is 20.3 Å². The third kappa shape index (κ3) is 5.77. The molecule has 0 saturated heterocycles. The Labute approximate surface area is 87.2 Å². The standard InChI is InChI=1S/C8H16INO2/c1-6(9)4-5-12-7(11)8(2,3)10/h6H,4-5,10H2,1-3H3. The lowest BCUT2D eigenvalue weighted by atomic mass is 10.1. The molecule has 0 bridgehead atoms. The number of alkyl halides is 1. The molecule has 2 N–H and O–H groups in total. The molecule has 0 radical (unpaired) electrons. The summed E-state index contributed by atoms with van der Waals surface area (Å²) in [7, 11) is 0. The quantitative estimate of drug-likeness (QED) is 0.483. The fourth-order valence-corrected chi connectivity index (χ4v) is 0.754. The number of carbonyl (C=O) groups is 1. The largest absolute Gasteiger partial charge is 0.464 e. The SMILES string of the molecule is CC(I)CCOC(=O)C(C)(C)N. The second kappa shape index (κ2) is 5.01. The number of rotatable bonds is 4. The average Bonchev–Trinajstić information content (AvgIpc) is 1.84. The Hall–Kier alpha value is 0.160. The van der Waals surface area contributed by atoms with Crippen LogP contribution < -0.4 is 5.73 Å². The number of halogens is 1. The van der Waals surface area contributed by atoms with Crippen LogP contribution in [0.15, 0.2) is 0 Å². The average molecular weight is 285 g/mol. The van der Waals surface area contributed by atoms with E-state index in [9.17, 15) is 4.79 Å². The molecule has 0 heterocycles. The molecule has 0 amide bonds. The fourth-order valence-electron chi connectivity index (χ4n) is 0.500. The molecule has 0 rings (SSSR count). The molecule has 0 fully saturated rings. The molecule has 4 heteroatoms. The number of esters is 1. The van der Waals surface area contributed by atoms with Gasteiger partial charge in [0, 0.05) is 3.92 Å². The predicted molar refractivity (Wildman–Crippen MR) is 57.3 cm³/mol. The maximum atomic E-state index is 11.1. The van der Waals surface area contributed by atoms with E-state index in [0.717, 1.165) is 6.42 Å². The van der Waals surface area contributed by atoms with Crippen molar-refractivity contribution in [3.63, 3.8) is 0 Å². The topological polar surface area (TPSA) is 52.3 Å². The summed E-state index contributed by atoms with van der Waals surface area (Å²) in [6.45, 7) is 5.82. The molecule has 3 nitrogen and oxygen atoms in total. The van der Waals surface area contributed by atoms with Gasteiger partial charge in [0.15, 0.2) is 0 Å². The molecule has 72 valence electrons. The Morgan fingerprint density at radius 1 is 1.67 bits per heavy atom. The van der Waals surface area contributed by atoms with Crippen LogP contribution in [0.5, 0.6) is 0 Å². The molecular weight excluding hydrogens is 269 g/mol. The third-order valence-corrected chi connectivity index (χ3v) is 1.90. The van der Waals surface area contributed by atoms with E-state index < -0.39 is 5.54 Å². The van der Waals surface area contributed by atoms with Gasteiger partial charge < -0.3 is 10.5 Å². The highest BCUT2D eigenvalue weighted by atomic mass is 127. The van der Waals surface area contributed by atoms with E-state index in [1.54, 1.807) is 13.8 Å². The van der Waals surface area contributed by atoms with Crippen molar-refractivity contribution in [2.45, 2.75) is 36.7 Å². The van der Waals surface area contributed by atoms with Crippen molar-refractivity contribution in [2.75, 3.05) is 6.61 Å². The van der Waals surface area contributed by atoms with Gasteiger partial charge in [-0.2, -0.15) is 0 Å². The van der Waals surface area contributed by atoms with Crippen LogP contribution >= 0.6 is 22.6 Å². The van der Waals surface area contributed by atoms with Gasteiger partial charge >= 0.3 is 5.97 Å². The Balaban J connectivity index is 3.59. The van der Waals surface area contributed by atoms with Crippen molar-refractivity contribution in [1.29, 1.82) is 0 Å². The van der Waals surface area contributed by atoms with Crippen LogP contribution in [-0.2, 0) is 9.53 Å². The van der Waals surface area contributed by atoms with Crippen LogP contribution in [0.1, 0.15) is 27.2 Å². The maximum absolute atomic E-state index is 11.1. The van der Waals surface area contributed by atoms with Gasteiger partial charge in [0.2, 0.25) is 0 Å². The van der Waals surface area contributed by atoms with E-state index in [2.05, 4.69) is 29.5 Å². The lowest BCUT2D eigenvalue weighted by Gasteiger charge is -2.16. The fraction of sp³-hybridized carbons (Fsp3) is 0.875. The van der Waals surface area contributed by atoms with Crippen molar-refractivity contribution >= 4 is 28.6 Å². The van der Waals surface area contributed by atoms with E-state index in [4.69, 9.17) is 10.5 Å². The summed E-state index contributed by atoms with van der Waals surface area (Å²) in [5.41, 5.74) is 4.65. The van der Waals surface area contributed by atoms with Gasteiger partial charge in [-0.1, -0.05) is 29.5 Å². The summed E-state index contributed by atoms with van der Waals surface area (Å²) in [5, 5.41) is 0. The number of carbonyl (C=O) groups excluding carboxylic acids is 1. The number of ether oxygens (including phenoxy) is 1. The smallest absolute Gasteiger partial charge is 0.325 e. The van der Waals surface area contributed by atoms with Gasteiger partial charge in [0.05, 0.1) is 6.61 Å². The van der Waals surface area contributed by atoms with Crippen LogP contribution in [-0.4, -0.2) is 22.0 Å². The Bertz CT molecular complexity index is 152. The van der Waals surface area contributed by atoms with Crippen molar-refractivity contribution in [2.24, 2.45) is 5.73 Å². The first-order valence-corrected chi connectivity index (χ1v) is 5.19. The van der Waals surface area contributed by atoms with E-state index in [1.165, 1.54) is 0 Å². The number of hydrogen-bond acceptors (Lipinski definition) is 3. The molecule has 0 aliphatic carbocycles.